The van der Waals surface area contributed by atoms with Crippen molar-refractivity contribution in [3.63, 3.8) is 0 Å². The summed E-state index contributed by atoms with van der Waals surface area (Å²) in [4.78, 5) is 8.33. The van der Waals surface area contributed by atoms with E-state index >= 15 is 0 Å². The molecule has 0 aliphatic carbocycles. The molecule has 2 N–H and O–H groups in total. The average molecular weight is 219 g/mol. The Morgan fingerprint density at radius 2 is 2.06 bits per heavy atom. The third-order valence-corrected chi connectivity index (χ3v) is 2.11. The van der Waals surface area contributed by atoms with E-state index in [1.807, 2.05) is 6.19 Å². The van der Waals surface area contributed by atoms with E-state index < -0.39 is 0 Å². The van der Waals surface area contributed by atoms with E-state index in [2.05, 4.69) is 27.5 Å². The zero-order valence-electron chi connectivity index (χ0n) is 9.75. The Kier molecular flexibility index (Phi) is 5.06. The van der Waals surface area contributed by atoms with Crippen molar-refractivity contribution in [1.29, 1.82) is 5.26 Å². The van der Waals surface area contributed by atoms with Crippen LogP contribution in [0.2, 0.25) is 0 Å². The molecule has 0 aliphatic rings. The van der Waals surface area contributed by atoms with E-state index in [9.17, 15) is 0 Å². The lowest BCUT2D eigenvalue weighted by Gasteiger charge is -2.07. The van der Waals surface area contributed by atoms with Gasteiger partial charge >= 0.3 is 0 Å². The van der Waals surface area contributed by atoms with Crippen LogP contribution in [0.5, 0.6) is 0 Å². The Morgan fingerprint density at radius 3 is 2.75 bits per heavy atom. The van der Waals surface area contributed by atoms with Gasteiger partial charge in [0.2, 0.25) is 0 Å². The summed E-state index contributed by atoms with van der Waals surface area (Å²) in [7, 11) is 0. The molecular formula is C11H17N5. The van der Waals surface area contributed by atoms with Gasteiger partial charge in [-0.1, -0.05) is 19.8 Å². The van der Waals surface area contributed by atoms with Crippen molar-refractivity contribution in [2.24, 2.45) is 0 Å². The van der Waals surface area contributed by atoms with Crippen LogP contribution in [0.4, 0.5) is 11.6 Å². The maximum absolute atomic E-state index is 8.51. The topological polar surface area (TPSA) is 73.6 Å². The van der Waals surface area contributed by atoms with Crippen LogP contribution in [0.25, 0.3) is 0 Å². The van der Waals surface area contributed by atoms with Gasteiger partial charge in [-0.25, -0.2) is 9.97 Å². The first kappa shape index (κ1) is 12.2. The number of aryl methyl sites for hydroxylation is 1. The number of rotatable bonds is 6. The molecule has 1 heterocycles. The number of aromatic nitrogens is 2. The maximum atomic E-state index is 8.51. The molecule has 5 heteroatoms. The fourth-order valence-electron chi connectivity index (χ4n) is 1.37. The summed E-state index contributed by atoms with van der Waals surface area (Å²) in [5, 5.41) is 14.2. The molecular weight excluding hydrogens is 202 g/mol. The lowest BCUT2D eigenvalue weighted by molar-refractivity contribution is 0.742. The molecule has 5 nitrogen and oxygen atoms in total. The second-order valence-electron chi connectivity index (χ2n) is 3.56. The summed E-state index contributed by atoms with van der Waals surface area (Å²) in [5.74, 6) is 1.95. The molecule has 0 radical (unpaired) electrons. The highest BCUT2D eigenvalue weighted by Gasteiger charge is 2.00. The molecule has 1 rings (SSSR count). The third-order valence-electron chi connectivity index (χ3n) is 2.11. The minimum absolute atomic E-state index is 0.535. The van der Waals surface area contributed by atoms with Crippen molar-refractivity contribution in [2.75, 3.05) is 17.2 Å². The lowest BCUT2D eigenvalue weighted by atomic mass is 10.2. The van der Waals surface area contributed by atoms with E-state index in [1.165, 1.54) is 12.8 Å². The first-order valence-electron chi connectivity index (χ1n) is 5.51. The molecule has 0 saturated heterocycles. The van der Waals surface area contributed by atoms with E-state index in [0.717, 1.165) is 18.8 Å². The van der Waals surface area contributed by atoms with Crippen LogP contribution in [0.1, 0.15) is 32.0 Å². The molecule has 0 atom stereocenters. The largest absolute Gasteiger partial charge is 0.370 e. The van der Waals surface area contributed by atoms with Crippen molar-refractivity contribution in [1.82, 2.24) is 9.97 Å². The molecule has 16 heavy (non-hydrogen) atoms. The van der Waals surface area contributed by atoms with Crippen molar-refractivity contribution in [2.45, 2.75) is 33.1 Å². The minimum atomic E-state index is 0.535. The molecule has 0 amide bonds. The SMILES string of the molecule is CCCCCNc1cc(NC#N)nc(C)n1. The standard InChI is InChI=1S/C11H17N5/c1-3-4-5-6-13-10-7-11(14-8-12)16-9(2)15-10/h7H,3-6H2,1-2H3,(H2,13,14,15,16). The molecule has 0 fully saturated rings. The van der Waals surface area contributed by atoms with Gasteiger partial charge in [-0.05, 0) is 13.3 Å². The van der Waals surface area contributed by atoms with Crippen molar-refractivity contribution in [3.05, 3.63) is 11.9 Å². The minimum Gasteiger partial charge on any atom is -0.370 e. The predicted molar refractivity (Wildman–Crippen MR) is 64.0 cm³/mol. The van der Waals surface area contributed by atoms with Crippen LogP contribution >= 0.6 is 0 Å². The quantitative estimate of drug-likeness (QED) is 0.436. The molecule has 0 unspecified atom stereocenters. The number of hydrogen-bond acceptors (Lipinski definition) is 5. The Hall–Kier alpha value is -1.83. The van der Waals surface area contributed by atoms with Gasteiger partial charge in [0.25, 0.3) is 0 Å². The van der Waals surface area contributed by atoms with Crippen LogP contribution in [0, 0.1) is 18.4 Å². The number of nitrogens with one attached hydrogen (secondary N) is 2. The van der Waals surface area contributed by atoms with Gasteiger partial charge in [0.1, 0.15) is 17.5 Å². The fourth-order valence-corrected chi connectivity index (χ4v) is 1.37. The van der Waals surface area contributed by atoms with Gasteiger partial charge in [-0.15, -0.1) is 0 Å². The van der Waals surface area contributed by atoms with Gasteiger partial charge in [-0.2, -0.15) is 5.26 Å². The highest BCUT2D eigenvalue weighted by molar-refractivity contribution is 5.49. The van der Waals surface area contributed by atoms with E-state index in [-0.39, 0.29) is 0 Å². The van der Waals surface area contributed by atoms with E-state index in [4.69, 9.17) is 5.26 Å². The Bertz CT molecular complexity index is 369. The number of unbranched alkanes of at least 4 members (excludes halogenated alkanes) is 2. The summed E-state index contributed by atoms with van der Waals surface area (Å²) >= 11 is 0. The number of nitrogens with zero attached hydrogens (tertiary/aromatic N) is 3. The van der Waals surface area contributed by atoms with Crippen molar-refractivity contribution < 1.29 is 0 Å². The van der Waals surface area contributed by atoms with Crippen molar-refractivity contribution in [3.8, 4) is 6.19 Å². The fraction of sp³-hybridized carbons (Fsp3) is 0.545. The smallest absolute Gasteiger partial charge is 0.182 e. The molecule has 0 bridgehead atoms. The maximum Gasteiger partial charge on any atom is 0.182 e. The number of anilines is 2. The summed E-state index contributed by atoms with van der Waals surface area (Å²) < 4.78 is 0. The van der Waals surface area contributed by atoms with Crippen LogP contribution in [-0.4, -0.2) is 16.5 Å². The van der Waals surface area contributed by atoms with Crippen LogP contribution in [0.15, 0.2) is 6.07 Å². The lowest BCUT2D eigenvalue weighted by Crippen LogP contribution is -2.06. The molecule has 86 valence electrons. The van der Waals surface area contributed by atoms with Crippen LogP contribution in [-0.2, 0) is 0 Å². The Morgan fingerprint density at radius 1 is 1.31 bits per heavy atom. The van der Waals surface area contributed by atoms with Gasteiger partial charge in [0, 0.05) is 12.6 Å². The highest BCUT2D eigenvalue weighted by Crippen LogP contribution is 2.10. The average Bonchev–Trinajstić information content (AvgIpc) is 2.24. The van der Waals surface area contributed by atoms with Gasteiger partial charge < -0.3 is 5.32 Å². The monoisotopic (exact) mass is 219 g/mol. The summed E-state index contributed by atoms with van der Waals surface area (Å²) in [6.45, 7) is 4.87. The molecule has 0 spiro atoms. The molecule has 1 aromatic heterocycles. The zero-order valence-corrected chi connectivity index (χ0v) is 9.75. The number of hydrogen-bond donors (Lipinski definition) is 2. The Balaban J connectivity index is 2.55. The molecule has 0 aromatic carbocycles. The predicted octanol–water partition coefficient (Wildman–Crippen LogP) is 2.28. The van der Waals surface area contributed by atoms with E-state index in [1.54, 1.807) is 13.0 Å². The van der Waals surface area contributed by atoms with Crippen molar-refractivity contribution >= 4 is 11.6 Å². The van der Waals surface area contributed by atoms with Crippen LogP contribution < -0.4 is 10.6 Å². The molecule has 1 aromatic rings. The normalized spacial score (nSPS) is 9.56. The summed E-state index contributed by atoms with van der Waals surface area (Å²) in [6.07, 6.45) is 5.38. The van der Waals surface area contributed by atoms with Gasteiger partial charge in [0.05, 0.1) is 0 Å². The Labute approximate surface area is 95.9 Å². The first-order valence-corrected chi connectivity index (χ1v) is 5.51. The van der Waals surface area contributed by atoms with Gasteiger partial charge in [-0.3, -0.25) is 5.32 Å². The molecule has 0 aliphatic heterocycles. The summed E-state index contributed by atoms with van der Waals surface area (Å²) in [6, 6.07) is 1.74. The second kappa shape index (κ2) is 6.62. The second-order valence-corrected chi connectivity index (χ2v) is 3.56. The third kappa shape index (κ3) is 4.13. The molecule has 0 saturated carbocycles. The summed E-state index contributed by atoms with van der Waals surface area (Å²) in [5.41, 5.74) is 0. The van der Waals surface area contributed by atoms with Crippen LogP contribution in [0.3, 0.4) is 0 Å². The van der Waals surface area contributed by atoms with E-state index in [0.29, 0.717) is 11.6 Å². The first-order chi connectivity index (χ1) is 7.76. The van der Waals surface area contributed by atoms with Gasteiger partial charge in [0.15, 0.2) is 6.19 Å². The zero-order chi connectivity index (χ0) is 11.8. The highest BCUT2D eigenvalue weighted by atomic mass is 15.1. The number of nitriles is 1.